The molecule has 0 radical (unpaired) electrons. The van der Waals surface area contributed by atoms with Crippen LogP contribution in [0.25, 0.3) is 0 Å². The van der Waals surface area contributed by atoms with E-state index < -0.39 is 23.0 Å². The minimum atomic E-state index is -1.11. The second-order valence-electron chi connectivity index (χ2n) is 2.07. The Bertz CT molecular complexity index is 463. The summed E-state index contributed by atoms with van der Waals surface area (Å²) in [4.78, 5) is 50.1. The molecule has 1 aromatic heterocycles. The Balaban J connectivity index is 0.00000169. The van der Waals surface area contributed by atoms with Crippen LogP contribution in [0.4, 0.5) is 0 Å². The van der Waals surface area contributed by atoms with Crippen molar-refractivity contribution in [1.82, 2.24) is 14.7 Å². The van der Waals surface area contributed by atoms with E-state index >= 15 is 0 Å². The van der Waals surface area contributed by atoms with Crippen molar-refractivity contribution in [3.63, 3.8) is 0 Å². The molecule has 0 amide bonds. The van der Waals surface area contributed by atoms with Crippen LogP contribution in [-0.4, -0.2) is 50.2 Å². The second-order valence-corrected chi connectivity index (χ2v) is 2.07. The van der Waals surface area contributed by atoms with Crippen molar-refractivity contribution < 1.29 is 9.63 Å². The van der Waals surface area contributed by atoms with Gasteiger partial charge in [-0.25, -0.2) is 19.2 Å². The van der Waals surface area contributed by atoms with Crippen molar-refractivity contribution in [2.24, 2.45) is 0 Å². The fraction of sp³-hybridized carbons (Fsp3) is 0.200. The summed E-state index contributed by atoms with van der Waals surface area (Å²) in [5.41, 5.74) is -3.17. The summed E-state index contributed by atoms with van der Waals surface area (Å²) < 4.78 is 0.115. The molecular formula is C5H6N3NaO5. The first kappa shape index (κ1) is 12.9. The van der Waals surface area contributed by atoms with Crippen molar-refractivity contribution in [2.75, 3.05) is 0 Å². The topological polar surface area (TPSA) is 114 Å². The molecule has 72 valence electrons. The molecule has 0 aliphatic heterocycles. The molecule has 9 heteroatoms. The van der Waals surface area contributed by atoms with Crippen molar-refractivity contribution in [2.45, 2.75) is 6.92 Å². The first-order chi connectivity index (χ1) is 6.00. The third-order valence-corrected chi connectivity index (χ3v) is 1.03. The van der Waals surface area contributed by atoms with E-state index in [2.05, 4.69) is 4.84 Å². The molecule has 1 aromatic rings. The van der Waals surface area contributed by atoms with Crippen molar-refractivity contribution in [3.8, 4) is 0 Å². The monoisotopic (exact) mass is 211 g/mol. The molecule has 0 aliphatic rings. The van der Waals surface area contributed by atoms with E-state index in [1.54, 1.807) is 9.97 Å². The fourth-order valence-electron chi connectivity index (χ4n) is 0.631. The van der Waals surface area contributed by atoms with Gasteiger partial charge in [0.25, 0.3) is 0 Å². The molecule has 0 saturated heterocycles. The average Bonchev–Trinajstić information content (AvgIpc) is 1.96. The molecule has 0 atom stereocenters. The number of carbonyl (C=O) groups is 1. The van der Waals surface area contributed by atoms with Crippen LogP contribution >= 0.6 is 0 Å². The van der Waals surface area contributed by atoms with E-state index in [0.29, 0.717) is 0 Å². The molecule has 0 saturated carbocycles. The van der Waals surface area contributed by atoms with E-state index in [1.165, 1.54) is 0 Å². The van der Waals surface area contributed by atoms with Crippen LogP contribution in [0.5, 0.6) is 0 Å². The van der Waals surface area contributed by atoms with Gasteiger partial charge in [-0.3, -0.25) is 9.97 Å². The summed E-state index contributed by atoms with van der Waals surface area (Å²) in [7, 11) is 0. The van der Waals surface area contributed by atoms with Gasteiger partial charge in [-0.05, 0) is 0 Å². The molecule has 0 spiro atoms. The molecule has 0 unspecified atom stereocenters. The zero-order valence-corrected chi connectivity index (χ0v) is 6.49. The SMILES string of the molecule is CC(=O)On1c(=O)[nH]c(=O)[nH]c1=O.[NaH]. The van der Waals surface area contributed by atoms with Gasteiger partial charge >= 0.3 is 52.6 Å². The second kappa shape index (κ2) is 4.94. The molecular weight excluding hydrogens is 205 g/mol. The van der Waals surface area contributed by atoms with Gasteiger partial charge in [-0.1, -0.05) is 4.73 Å². The first-order valence-corrected chi connectivity index (χ1v) is 3.15. The maximum absolute atomic E-state index is 10.8. The summed E-state index contributed by atoms with van der Waals surface area (Å²) in [6, 6.07) is 0. The van der Waals surface area contributed by atoms with E-state index in [1.807, 2.05) is 0 Å². The van der Waals surface area contributed by atoms with Gasteiger partial charge in [-0.15, -0.1) is 0 Å². The third kappa shape index (κ3) is 2.98. The van der Waals surface area contributed by atoms with Gasteiger partial charge < -0.3 is 4.84 Å². The average molecular weight is 211 g/mol. The van der Waals surface area contributed by atoms with Gasteiger partial charge in [-0.2, -0.15) is 0 Å². The summed E-state index contributed by atoms with van der Waals surface area (Å²) in [6.07, 6.45) is 0. The molecule has 0 aliphatic carbocycles. The summed E-state index contributed by atoms with van der Waals surface area (Å²) in [6.45, 7) is 1.01. The van der Waals surface area contributed by atoms with Crippen LogP contribution < -0.4 is 21.9 Å². The number of hydrogen-bond donors (Lipinski definition) is 2. The number of aromatic amines is 2. The summed E-state index contributed by atoms with van der Waals surface area (Å²) in [5.74, 6) is -0.848. The predicted octanol–water partition coefficient (Wildman–Crippen LogP) is -3.45. The molecule has 1 rings (SSSR count). The summed E-state index contributed by atoms with van der Waals surface area (Å²) >= 11 is 0. The van der Waals surface area contributed by atoms with Crippen LogP contribution in [0.1, 0.15) is 6.92 Å². The number of hydrogen-bond acceptors (Lipinski definition) is 5. The van der Waals surface area contributed by atoms with E-state index in [9.17, 15) is 19.2 Å². The Morgan fingerprint density at radius 3 is 2.00 bits per heavy atom. The predicted molar refractivity (Wildman–Crippen MR) is 46.4 cm³/mol. The minimum absolute atomic E-state index is 0. The number of nitrogens with one attached hydrogen (secondary N) is 2. The van der Waals surface area contributed by atoms with Gasteiger partial charge in [0, 0.05) is 6.92 Å². The van der Waals surface area contributed by atoms with Crippen LogP contribution in [-0.2, 0) is 4.79 Å². The van der Waals surface area contributed by atoms with E-state index in [4.69, 9.17) is 0 Å². The molecule has 2 N–H and O–H groups in total. The quantitative estimate of drug-likeness (QED) is 0.469. The number of rotatable bonds is 1. The first-order valence-electron chi connectivity index (χ1n) is 3.15. The standard InChI is InChI=1S/C5H5N3O5.Na.H/c1-2(9)13-8-4(11)6-3(10)7-5(8)12;;/h1H3,(H2,6,7,10,11,12);;. The Hall–Kier alpha value is -1.12. The Morgan fingerprint density at radius 2 is 1.64 bits per heavy atom. The van der Waals surface area contributed by atoms with Gasteiger partial charge in [0.2, 0.25) is 0 Å². The molecule has 0 fully saturated rings. The number of nitrogens with zero attached hydrogens (tertiary/aromatic N) is 1. The Labute approximate surface area is 98.2 Å². The molecule has 8 nitrogen and oxygen atoms in total. The normalized spacial score (nSPS) is 8.93. The van der Waals surface area contributed by atoms with Crippen molar-refractivity contribution in [1.29, 1.82) is 0 Å². The van der Waals surface area contributed by atoms with Crippen LogP contribution in [0.2, 0.25) is 0 Å². The Kier molecular flexibility index (Phi) is 4.54. The van der Waals surface area contributed by atoms with Crippen molar-refractivity contribution >= 4 is 35.5 Å². The molecule has 1 heterocycles. The van der Waals surface area contributed by atoms with E-state index in [-0.39, 0.29) is 34.3 Å². The number of carbonyl (C=O) groups excluding carboxylic acids is 1. The van der Waals surface area contributed by atoms with Crippen molar-refractivity contribution in [3.05, 3.63) is 31.5 Å². The molecule has 14 heavy (non-hydrogen) atoms. The van der Waals surface area contributed by atoms with Gasteiger partial charge in [0.05, 0.1) is 0 Å². The maximum atomic E-state index is 10.8. The van der Waals surface area contributed by atoms with E-state index in [0.717, 1.165) is 6.92 Å². The summed E-state index contributed by atoms with van der Waals surface area (Å²) in [5, 5.41) is 0. The Morgan fingerprint density at radius 1 is 1.21 bits per heavy atom. The van der Waals surface area contributed by atoms with Crippen LogP contribution in [0.15, 0.2) is 14.4 Å². The third-order valence-electron chi connectivity index (χ3n) is 1.03. The molecule has 0 bridgehead atoms. The fourth-order valence-corrected chi connectivity index (χ4v) is 0.631. The number of aromatic nitrogens is 3. The van der Waals surface area contributed by atoms with Gasteiger partial charge in [0.15, 0.2) is 0 Å². The zero-order chi connectivity index (χ0) is 10.0. The molecule has 0 aromatic carbocycles. The zero-order valence-electron chi connectivity index (χ0n) is 6.49. The number of H-pyrrole nitrogens is 2. The van der Waals surface area contributed by atoms with Crippen LogP contribution in [0.3, 0.4) is 0 Å². The van der Waals surface area contributed by atoms with Gasteiger partial charge in [0.1, 0.15) is 0 Å². The van der Waals surface area contributed by atoms with Crippen LogP contribution in [0, 0.1) is 0 Å².